The molecule has 7 nitrogen and oxygen atoms in total. The van der Waals surface area contributed by atoms with Gasteiger partial charge in [0.1, 0.15) is 18.8 Å². The fourth-order valence-corrected chi connectivity index (χ4v) is 3.50. The third kappa shape index (κ3) is 4.28. The van der Waals surface area contributed by atoms with E-state index in [1.165, 1.54) is 7.11 Å². The lowest BCUT2D eigenvalue weighted by atomic mass is 9.98. The SMILES string of the molecule is CO[C@@H]1C[C@H](OCc2ccccc2)C2(COS(=O)(=O)C(F)(F)F)OC[C@H]1O2. The summed E-state index contributed by atoms with van der Waals surface area (Å²) in [6, 6.07) is 9.08. The van der Waals surface area contributed by atoms with Crippen LogP contribution in [-0.4, -0.2) is 58.3 Å². The van der Waals surface area contributed by atoms with Crippen molar-refractivity contribution in [3.05, 3.63) is 35.9 Å². The Morgan fingerprint density at radius 3 is 2.59 bits per heavy atom. The zero-order valence-corrected chi connectivity index (χ0v) is 15.2. The van der Waals surface area contributed by atoms with Crippen LogP contribution in [0.4, 0.5) is 13.2 Å². The van der Waals surface area contributed by atoms with Gasteiger partial charge in [0.2, 0.25) is 5.79 Å². The number of alkyl halides is 3. The number of fused-ring (bicyclic) bond motifs is 2. The zero-order chi connectivity index (χ0) is 19.7. The third-order valence-electron chi connectivity index (χ3n) is 4.49. The second-order valence-electron chi connectivity index (χ2n) is 6.24. The Morgan fingerprint density at radius 2 is 1.96 bits per heavy atom. The molecule has 0 radical (unpaired) electrons. The number of hydrogen-bond acceptors (Lipinski definition) is 7. The molecular weight excluding hydrogens is 393 g/mol. The summed E-state index contributed by atoms with van der Waals surface area (Å²) in [6.45, 7) is -0.812. The molecule has 0 aromatic heterocycles. The molecule has 0 aliphatic carbocycles. The van der Waals surface area contributed by atoms with Crippen molar-refractivity contribution in [1.82, 2.24) is 0 Å². The van der Waals surface area contributed by atoms with Crippen LogP contribution in [0, 0.1) is 0 Å². The van der Waals surface area contributed by atoms with Crippen molar-refractivity contribution in [1.29, 1.82) is 0 Å². The van der Waals surface area contributed by atoms with Crippen molar-refractivity contribution in [3.8, 4) is 0 Å². The van der Waals surface area contributed by atoms with Crippen LogP contribution in [0.3, 0.4) is 0 Å². The van der Waals surface area contributed by atoms with Gasteiger partial charge in [-0.05, 0) is 5.56 Å². The van der Waals surface area contributed by atoms with Crippen molar-refractivity contribution >= 4 is 10.1 Å². The molecule has 2 heterocycles. The van der Waals surface area contributed by atoms with Crippen molar-refractivity contribution in [3.63, 3.8) is 0 Å². The van der Waals surface area contributed by atoms with Gasteiger partial charge < -0.3 is 18.9 Å². The van der Waals surface area contributed by atoms with E-state index in [4.69, 9.17) is 18.9 Å². The molecule has 152 valence electrons. The molecule has 3 rings (SSSR count). The van der Waals surface area contributed by atoms with Gasteiger partial charge in [-0.1, -0.05) is 30.3 Å². The average Bonchev–Trinajstić information content (AvgIpc) is 3.00. The van der Waals surface area contributed by atoms with Gasteiger partial charge in [-0.25, -0.2) is 0 Å². The molecule has 2 aliphatic heterocycles. The summed E-state index contributed by atoms with van der Waals surface area (Å²) in [7, 11) is -4.31. The third-order valence-corrected chi connectivity index (χ3v) is 5.48. The van der Waals surface area contributed by atoms with E-state index in [2.05, 4.69) is 4.18 Å². The first-order chi connectivity index (χ1) is 12.7. The Kier molecular flexibility index (Phi) is 5.80. The molecule has 2 saturated heterocycles. The van der Waals surface area contributed by atoms with Crippen LogP contribution in [0.15, 0.2) is 30.3 Å². The predicted octanol–water partition coefficient (Wildman–Crippen LogP) is 1.97. The van der Waals surface area contributed by atoms with Gasteiger partial charge in [0.25, 0.3) is 0 Å². The molecule has 2 bridgehead atoms. The highest BCUT2D eigenvalue weighted by molar-refractivity contribution is 7.87. The molecule has 2 aliphatic rings. The summed E-state index contributed by atoms with van der Waals surface area (Å²) in [5, 5.41) is 0. The van der Waals surface area contributed by atoms with Gasteiger partial charge in [-0.3, -0.25) is 4.18 Å². The zero-order valence-electron chi connectivity index (χ0n) is 14.3. The van der Waals surface area contributed by atoms with E-state index in [0.29, 0.717) is 0 Å². The topological polar surface area (TPSA) is 80.3 Å². The van der Waals surface area contributed by atoms with Gasteiger partial charge in [-0.15, -0.1) is 0 Å². The lowest BCUT2D eigenvalue weighted by molar-refractivity contribution is -0.288. The van der Waals surface area contributed by atoms with Crippen molar-refractivity contribution in [2.24, 2.45) is 0 Å². The second kappa shape index (κ2) is 7.64. The van der Waals surface area contributed by atoms with E-state index >= 15 is 0 Å². The average molecular weight is 412 g/mol. The Labute approximate surface area is 154 Å². The number of halogens is 3. The number of hydrogen-bond donors (Lipinski definition) is 0. The Balaban J connectivity index is 1.75. The van der Waals surface area contributed by atoms with Crippen LogP contribution < -0.4 is 0 Å². The van der Waals surface area contributed by atoms with Crippen LogP contribution in [-0.2, 0) is 39.9 Å². The Bertz CT molecular complexity index is 740. The molecule has 1 aromatic carbocycles. The molecule has 4 atom stereocenters. The highest BCUT2D eigenvalue weighted by Gasteiger charge is 2.58. The minimum Gasteiger partial charge on any atom is -0.379 e. The first-order valence-electron chi connectivity index (χ1n) is 8.13. The quantitative estimate of drug-likeness (QED) is 0.500. The van der Waals surface area contributed by atoms with Gasteiger partial charge >= 0.3 is 15.6 Å². The lowest BCUT2D eigenvalue weighted by Crippen LogP contribution is -2.56. The van der Waals surface area contributed by atoms with Crippen molar-refractivity contribution in [2.75, 3.05) is 20.3 Å². The van der Waals surface area contributed by atoms with E-state index in [-0.39, 0.29) is 19.6 Å². The monoisotopic (exact) mass is 412 g/mol. The van der Waals surface area contributed by atoms with Gasteiger partial charge in [-0.2, -0.15) is 21.6 Å². The van der Waals surface area contributed by atoms with E-state index in [1.807, 2.05) is 30.3 Å². The summed E-state index contributed by atoms with van der Waals surface area (Å²) in [6.07, 6.45) is -1.59. The van der Waals surface area contributed by atoms with E-state index in [0.717, 1.165) is 5.56 Å². The summed E-state index contributed by atoms with van der Waals surface area (Å²) < 4.78 is 86.7. The number of methoxy groups -OCH3 is 1. The normalized spacial score (nSPS) is 31.2. The molecule has 0 amide bonds. The maximum Gasteiger partial charge on any atom is 0.523 e. The van der Waals surface area contributed by atoms with E-state index < -0.39 is 46.3 Å². The van der Waals surface area contributed by atoms with Crippen LogP contribution in [0.1, 0.15) is 12.0 Å². The Morgan fingerprint density at radius 1 is 1.26 bits per heavy atom. The molecule has 27 heavy (non-hydrogen) atoms. The number of benzene rings is 1. The predicted molar refractivity (Wildman–Crippen MR) is 84.9 cm³/mol. The summed E-state index contributed by atoms with van der Waals surface area (Å²) >= 11 is 0. The Hall–Kier alpha value is -1.24. The number of rotatable bonds is 7. The molecule has 0 N–H and O–H groups in total. The summed E-state index contributed by atoms with van der Waals surface area (Å²) in [5.74, 6) is -1.76. The van der Waals surface area contributed by atoms with Crippen LogP contribution in [0.25, 0.3) is 0 Å². The summed E-state index contributed by atoms with van der Waals surface area (Å²) in [4.78, 5) is 0. The van der Waals surface area contributed by atoms with Gasteiger partial charge in [0.15, 0.2) is 0 Å². The highest BCUT2D eigenvalue weighted by atomic mass is 32.2. The molecule has 2 fully saturated rings. The molecule has 0 saturated carbocycles. The number of ether oxygens (including phenoxy) is 4. The molecular formula is C16H19F3O7S. The minimum atomic E-state index is -5.78. The van der Waals surface area contributed by atoms with E-state index in [9.17, 15) is 21.6 Å². The molecule has 0 spiro atoms. The standard InChI is InChI=1S/C16H19F3O7S/c1-22-12-7-14(23-8-11-5-3-2-4-6-11)15(24-9-13(12)26-15)10-25-27(20,21)16(17,18)19/h2-6,12-14H,7-10H2,1H3/t12-,13-,14+,15?/m1/s1. The van der Waals surface area contributed by atoms with Crippen molar-refractivity contribution < 1.29 is 44.7 Å². The maximum absolute atomic E-state index is 12.6. The fraction of sp³-hybridized carbons (Fsp3) is 0.625. The summed E-state index contributed by atoms with van der Waals surface area (Å²) in [5.41, 5.74) is -4.71. The minimum absolute atomic E-state index is 0.0269. The van der Waals surface area contributed by atoms with Gasteiger partial charge in [0.05, 0.1) is 19.3 Å². The lowest BCUT2D eigenvalue weighted by Gasteiger charge is -2.41. The van der Waals surface area contributed by atoms with Crippen LogP contribution >= 0.6 is 0 Å². The first-order valence-corrected chi connectivity index (χ1v) is 9.53. The molecule has 1 unspecified atom stereocenters. The first kappa shape index (κ1) is 20.5. The van der Waals surface area contributed by atoms with Crippen LogP contribution in [0.2, 0.25) is 0 Å². The smallest absolute Gasteiger partial charge is 0.379 e. The maximum atomic E-state index is 12.6. The largest absolute Gasteiger partial charge is 0.523 e. The highest BCUT2D eigenvalue weighted by Crippen LogP contribution is 2.41. The fourth-order valence-electron chi connectivity index (χ4n) is 3.05. The van der Waals surface area contributed by atoms with Crippen LogP contribution in [0.5, 0.6) is 0 Å². The molecule has 11 heteroatoms. The van der Waals surface area contributed by atoms with E-state index in [1.54, 1.807) is 0 Å². The second-order valence-corrected chi connectivity index (χ2v) is 7.84. The van der Waals surface area contributed by atoms with Crippen molar-refractivity contribution in [2.45, 2.75) is 42.6 Å². The molecule has 1 aromatic rings. The van der Waals surface area contributed by atoms with Gasteiger partial charge in [0, 0.05) is 13.5 Å².